The summed E-state index contributed by atoms with van der Waals surface area (Å²) < 4.78 is 5.50. The molecule has 1 aliphatic rings. The van der Waals surface area contributed by atoms with Crippen LogP contribution in [0.25, 0.3) is 0 Å². The zero-order valence-corrected chi connectivity index (χ0v) is 9.35. The van der Waals surface area contributed by atoms with Crippen LogP contribution in [0.3, 0.4) is 0 Å². The summed E-state index contributed by atoms with van der Waals surface area (Å²) in [6, 6.07) is 5.13. The van der Waals surface area contributed by atoms with E-state index in [0.717, 1.165) is 6.42 Å². The topological polar surface area (TPSA) is 78.8 Å². The largest absolute Gasteiger partial charge is 0.488 e. The first-order chi connectivity index (χ1) is 8.22. The highest BCUT2D eigenvalue weighted by Gasteiger charge is 2.23. The molecule has 1 atom stereocenters. The Morgan fingerprint density at radius 3 is 3.06 bits per heavy atom. The molecule has 92 valence electrons. The first kappa shape index (κ1) is 11.7. The Labute approximate surface area is 99.0 Å². The van der Waals surface area contributed by atoms with Gasteiger partial charge in [-0.15, -0.1) is 0 Å². The molecule has 0 radical (unpaired) electrons. The van der Waals surface area contributed by atoms with Gasteiger partial charge < -0.3 is 20.3 Å². The Bertz CT molecular complexity index is 419. The number of carbonyl (C=O) groups is 1. The average molecular weight is 237 g/mol. The third-order valence-corrected chi connectivity index (χ3v) is 2.74. The Kier molecular flexibility index (Phi) is 3.49. The number of aliphatic hydroxyl groups is 1. The van der Waals surface area contributed by atoms with E-state index < -0.39 is 5.97 Å². The number of nitrogens with one attached hydrogen (secondary N) is 1. The van der Waals surface area contributed by atoms with Gasteiger partial charge in [0.1, 0.15) is 12.2 Å². The fraction of sp³-hybridized carbons (Fsp3) is 0.417. The number of hydrogen-bond donors (Lipinski definition) is 3. The fourth-order valence-corrected chi connectivity index (χ4v) is 1.91. The van der Waals surface area contributed by atoms with Crippen molar-refractivity contribution in [2.24, 2.45) is 0 Å². The highest BCUT2D eigenvalue weighted by molar-refractivity contribution is 5.93. The maximum absolute atomic E-state index is 11.0. The molecule has 0 aromatic heterocycles. The van der Waals surface area contributed by atoms with Gasteiger partial charge in [0.15, 0.2) is 5.75 Å². The Morgan fingerprint density at radius 2 is 2.35 bits per heavy atom. The van der Waals surface area contributed by atoms with E-state index >= 15 is 0 Å². The highest BCUT2D eigenvalue weighted by Crippen LogP contribution is 2.33. The van der Waals surface area contributed by atoms with Crippen molar-refractivity contribution in [3.63, 3.8) is 0 Å². The van der Waals surface area contributed by atoms with Crippen LogP contribution < -0.4 is 10.1 Å². The lowest BCUT2D eigenvalue weighted by molar-refractivity contribution is 0.0691. The zero-order chi connectivity index (χ0) is 12.3. The first-order valence-electron chi connectivity index (χ1n) is 5.59. The molecule has 1 heterocycles. The van der Waals surface area contributed by atoms with Crippen LogP contribution in [0.5, 0.6) is 5.75 Å². The zero-order valence-electron chi connectivity index (χ0n) is 9.35. The van der Waals surface area contributed by atoms with Gasteiger partial charge in [-0.2, -0.15) is 0 Å². The highest BCUT2D eigenvalue weighted by atomic mass is 16.5. The van der Waals surface area contributed by atoms with Crippen LogP contribution in [0.1, 0.15) is 23.2 Å². The number of aromatic carboxylic acids is 1. The number of para-hydroxylation sites is 1. The monoisotopic (exact) mass is 237 g/mol. The smallest absolute Gasteiger partial charge is 0.339 e. The van der Waals surface area contributed by atoms with Gasteiger partial charge in [0, 0.05) is 6.61 Å². The van der Waals surface area contributed by atoms with Gasteiger partial charge in [-0.25, -0.2) is 4.79 Å². The minimum absolute atomic E-state index is 0.124. The van der Waals surface area contributed by atoms with Gasteiger partial charge >= 0.3 is 5.97 Å². The maximum Gasteiger partial charge on any atom is 0.339 e. The van der Waals surface area contributed by atoms with E-state index in [-0.39, 0.29) is 18.2 Å². The molecular weight excluding hydrogens is 222 g/mol. The number of hydrogen-bond acceptors (Lipinski definition) is 4. The summed E-state index contributed by atoms with van der Waals surface area (Å²) in [5, 5.41) is 21.0. The Balaban J connectivity index is 2.16. The lowest BCUT2D eigenvalue weighted by atomic mass is 10.1. The molecule has 1 aromatic rings. The standard InChI is InChI=1S/C12H15NO4/c14-6-2-3-8-7-17-11-9(12(15)16)4-1-5-10(11)13-8/h1,4-5,8,13-14H,2-3,6-7H2,(H,15,16). The third kappa shape index (κ3) is 2.50. The van der Waals surface area contributed by atoms with Crippen molar-refractivity contribution in [3.05, 3.63) is 23.8 Å². The second-order valence-corrected chi connectivity index (χ2v) is 4.01. The van der Waals surface area contributed by atoms with Crippen molar-refractivity contribution in [1.29, 1.82) is 0 Å². The summed E-state index contributed by atoms with van der Waals surface area (Å²) >= 11 is 0. The van der Waals surface area contributed by atoms with Gasteiger partial charge in [0.2, 0.25) is 0 Å². The van der Waals surface area contributed by atoms with Gasteiger partial charge in [-0.05, 0) is 25.0 Å². The second kappa shape index (κ2) is 5.05. The summed E-state index contributed by atoms with van der Waals surface area (Å²) in [4.78, 5) is 11.0. The van der Waals surface area contributed by atoms with Crippen molar-refractivity contribution < 1.29 is 19.7 Å². The molecule has 5 heteroatoms. The lowest BCUT2D eigenvalue weighted by Crippen LogP contribution is -2.32. The number of fused-ring (bicyclic) bond motifs is 1. The normalized spacial score (nSPS) is 17.8. The van der Waals surface area contributed by atoms with E-state index in [1.54, 1.807) is 12.1 Å². The molecule has 0 saturated heterocycles. The van der Waals surface area contributed by atoms with E-state index in [4.69, 9.17) is 14.9 Å². The molecule has 0 bridgehead atoms. The molecule has 1 aromatic carbocycles. The molecule has 0 amide bonds. The summed E-state index contributed by atoms with van der Waals surface area (Å²) in [6.07, 6.45) is 1.50. The number of ether oxygens (including phenoxy) is 1. The number of rotatable bonds is 4. The van der Waals surface area contributed by atoms with Crippen molar-refractivity contribution in [2.45, 2.75) is 18.9 Å². The number of anilines is 1. The van der Waals surface area contributed by atoms with E-state index in [1.807, 2.05) is 0 Å². The van der Waals surface area contributed by atoms with Gasteiger partial charge in [-0.3, -0.25) is 0 Å². The van der Waals surface area contributed by atoms with E-state index in [1.165, 1.54) is 6.07 Å². The maximum atomic E-state index is 11.0. The molecule has 2 rings (SSSR count). The fourth-order valence-electron chi connectivity index (χ4n) is 1.91. The minimum Gasteiger partial charge on any atom is -0.488 e. The van der Waals surface area contributed by atoms with Gasteiger partial charge in [-0.1, -0.05) is 6.07 Å². The summed E-state index contributed by atoms with van der Waals surface area (Å²) in [6.45, 7) is 0.581. The Hall–Kier alpha value is -1.75. The predicted molar refractivity (Wildman–Crippen MR) is 62.6 cm³/mol. The molecule has 1 unspecified atom stereocenters. The predicted octanol–water partition coefficient (Wildman–Crippen LogP) is 1.33. The minimum atomic E-state index is -0.988. The number of aliphatic hydroxyl groups excluding tert-OH is 1. The van der Waals surface area contributed by atoms with Crippen LogP contribution in [0.2, 0.25) is 0 Å². The number of carboxylic acid groups (broad SMARTS) is 1. The average Bonchev–Trinajstić information content (AvgIpc) is 2.35. The molecule has 0 saturated carbocycles. The van der Waals surface area contributed by atoms with Crippen LogP contribution >= 0.6 is 0 Å². The Morgan fingerprint density at radius 1 is 1.53 bits per heavy atom. The quantitative estimate of drug-likeness (QED) is 0.736. The lowest BCUT2D eigenvalue weighted by Gasteiger charge is -2.28. The summed E-state index contributed by atoms with van der Waals surface area (Å²) in [7, 11) is 0. The molecule has 3 N–H and O–H groups in total. The SMILES string of the molecule is O=C(O)c1cccc2c1OCC(CCCO)N2. The molecular formula is C12H15NO4. The second-order valence-electron chi connectivity index (χ2n) is 4.01. The number of benzene rings is 1. The molecule has 1 aliphatic heterocycles. The van der Waals surface area contributed by atoms with Crippen molar-refractivity contribution in [1.82, 2.24) is 0 Å². The molecule has 17 heavy (non-hydrogen) atoms. The van der Waals surface area contributed by atoms with E-state index in [2.05, 4.69) is 5.32 Å². The van der Waals surface area contributed by atoms with Crippen molar-refractivity contribution >= 4 is 11.7 Å². The van der Waals surface area contributed by atoms with Crippen LogP contribution in [-0.2, 0) is 0 Å². The summed E-state index contributed by atoms with van der Waals surface area (Å²) in [5.74, 6) is -0.585. The molecule has 0 aliphatic carbocycles. The summed E-state index contributed by atoms with van der Waals surface area (Å²) in [5.41, 5.74) is 0.884. The molecule has 5 nitrogen and oxygen atoms in total. The van der Waals surface area contributed by atoms with E-state index in [0.29, 0.717) is 24.5 Å². The van der Waals surface area contributed by atoms with Crippen LogP contribution in [0.15, 0.2) is 18.2 Å². The van der Waals surface area contributed by atoms with Gasteiger partial charge in [0.05, 0.1) is 11.7 Å². The van der Waals surface area contributed by atoms with Crippen molar-refractivity contribution in [3.8, 4) is 5.75 Å². The van der Waals surface area contributed by atoms with Crippen molar-refractivity contribution in [2.75, 3.05) is 18.5 Å². The van der Waals surface area contributed by atoms with Crippen LogP contribution in [0.4, 0.5) is 5.69 Å². The van der Waals surface area contributed by atoms with Crippen LogP contribution in [-0.4, -0.2) is 35.4 Å². The van der Waals surface area contributed by atoms with Crippen LogP contribution in [0, 0.1) is 0 Å². The van der Waals surface area contributed by atoms with E-state index in [9.17, 15) is 4.79 Å². The first-order valence-corrected chi connectivity index (χ1v) is 5.59. The molecule has 0 spiro atoms. The number of carboxylic acids is 1. The van der Waals surface area contributed by atoms with Gasteiger partial charge in [0.25, 0.3) is 0 Å². The molecule has 0 fully saturated rings. The third-order valence-electron chi connectivity index (χ3n) is 2.74.